The van der Waals surface area contributed by atoms with Crippen molar-refractivity contribution in [3.63, 3.8) is 0 Å². The van der Waals surface area contributed by atoms with E-state index < -0.39 is 6.10 Å². The van der Waals surface area contributed by atoms with Gasteiger partial charge in [-0.25, -0.2) is 0 Å². The third kappa shape index (κ3) is 3.01. The maximum atomic E-state index is 12.4. The number of rotatable bonds is 3. The van der Waals surface area contributed by atoms with Crippen LogP contribution in [0, 0.1) is 6.92 Å². The van der Waals surface area contributed by atoms with Crippen LogP contribution in [0.5, 0.6) is 0 Å². The van der Waals surface area contributed by atoms with E-state index >= 15 is 0 Å². The summed E-state index contributed by atoms with van der Waals surface area (Å²) in [7, 11) is 0. The number of carbonyl (C=O) groups is 1. The highest BCUT2D eigenvalue weighted by Crippen LogP contribution is 2.29. The Hall–Kier alpha value is -2.72. The van der Waals surface area contributed by atoms with Gasteiger partial charge in [-0.05, 0) is 65.9 Å². The van der Waals surface area contributed by atoms with Gasteiger partial charge in [-0.1, -0.05) is 24.3 Å². The molecule has 4 nitrogen and oxygen atoms in total. The molecule has 0 spiro atoms. The van der Waals surface area contributed by atoms with Gasteiger partial charge in [0.1, 0.15) is 0 Å². The molecule has 0 unspecified atom stereocenters. The van der Waals surface area contributed by atoms with Crippen LogP contribution in [0.1, 0.15) is 28.9 Å². The van der Waals surface area contributed by atoms with Crippen LogP contribution in [0.2, 0.25) is 0 Å². The maximum absolute atomic E-state index is 12.4. The summed E-state index contributed by atoms with van der Waals surface area (Å²) in [6, 6.07) is 15.8. The number of hydrogen-bond acceptors (Lipinski definition) is 3. The number of aliphatic hydroxyl groups is 1. The molecule has 0 bridgehead atoms. The van der Waals surface area contributed by atoms with Crippen LogP contribution in [0.15, 0.2) is 54.7 Å². The molecule has 2 aromatic carbocycles. The van der Waals surface area contributed by atoms with Crippen molar-refractivity contribution < 1.29 is 9.90 Å². The smallest absolute Gasteiger partial charge is 0.251 e. The number of nitrogens with one attached hydrogen (secondary N) is 1. The highest BCUT2D eigenvalue weighted by molar-refractivity contribution is 6.02. The van der Waals surface area contributed by atoms with Gasteiger partial charge in [-0.15, -0.1) is 0 Å². The Labute approximate surface area is 146 Å². The molecule has 1 aliphatic rings. The van der Waals surface area contributed by atoms with Crippen molar-refractivity contribution in [2.75, 3.05) is 0 Å². The highest BCUT2D eigenvalue weighted by atomic mass is 16.3. The van der Waals surface area contributed by atoms with E-state index in [-0.39, 0.29) is 11.9 Å². The molecule has 1 fully saturated rings. The number of fused-ring (bicyclic) bond motifs is 1. The standard InChI is InChI=1S/C21H20N2O2/c1-13-11-15(9-10-22-13)17-4-2-3-14-12-16(5-6-18(14)17)21(25)23-19-7-8-20(19)24/h2-6,9-12,19-20,24H,7-8H2,1H3,(H,23,25)/t19-,20-/m0/s1. The van der Waals surface area contributed by atoms with Crippen molar-refractivity contribution >= 4 is 16.7 Å². The molecule has 1 heterocycles. The minimum absolute atomic E-state index is 0.116. The summed E-state index contributed by atoms with van der Waals surface area (Å²) in [5, 5.41) is 14.7. The van der Waals surface area contributed by atoms with Gasteiger partial charge in [0.05, 0.1) is 12.1 Å². The zero-order valence-electron chi connectivity index (χ0n) is 14.1. The van der Waals surface area contributed by atoms with Gasteiger partial charge in [0.25, 0.3) is 5.91 Å². The number of aromatic nitrogens is 1. The number of nitrogens with zero attached hydrogens (tertiary/aromatic N) is 1. The molecule has 0 aliphatic heterocycles. The van der Waals surface area contributed by atoms with Crippen molar-refractivity contribution in [2.45, 2.75) is 31.9 Å². The minimum Gasteiger partial charge on any atom is -0.391 e. The third-order valence-electron chi connectivity index (χ3n) is 4.90. The molecule has 0 radical (unpaired) electrons. The van der Waals surface area contributed by atoms with Crippen LogP contribution in [0.25, 0.3) is 21.9 Å². The van der Waals surface area contributed by atoms with E-state index in [1.54, 1.807) is 0 Å². The van der Waals surface area contributed by atoms with Gasteiger partial charge >= 0.3 is 0 Å². The Kier molecular flexibility index (Phi) is 3.98. The minimum atomic E-state index is -0.411. The fourth-order valence-corrected chi connectivity index (χ4v) is 3.29. The number of carbonyl (C=O) groups excluding carboxylic acids is 1. The highest BCUT2D eigenvalue weighted by Gasteiger charge is 2.30. The number of benzene rings is 2. The first-order valence-electron chi connectivity index (χ1n) is 8.56. The van der Waals surface area contributed by atoms with Crippen LogP contribution in [0.3, 0.4) is 0 Å². The fraction of sp³-hybridized carbons (Fsp3) is 0.238. The SMILES string of the molecule is Cc1cc(-c2cccc3cc(C(=O)N[C@H]4CC[C@@H]4O)ccc23)ccn1. The molecule has 1 aromatic heterocycles. The number of aryl methyl sites for hydroxylation is 1. The normalized spacial score (nSPS) is 19.4. The Morgan fingerprint density at radius 3 is 2.76 bits per heavy atom. The van der Waals surface area contributed by atoms with Gasteiger partial charge in [-0.2, -0.15) is 0 Å². The molecule has 25 heavy (non-hydrogen) atoms. The molecule has 1 amide bonds. The third-order valence-corrected chi connectivity index (χ3v) is 4.90. The average Bonchev–Trinajstić information content (AvgIpc) is 2.63. The van der Waals surface area contributed by atoms with Gasteiger partial charge in [-0.3, -0.25) is 9.78 Å². The maximum Gasteiger partial charge on any atom is 0.251 e. The van der Waals surface area contributed by atoms with Crippen molar-refractivity contribution in [2.24, 2.45) is 0 Å². The van der Waals surface area contributed by atoms with Crippen LogP contribution in [0.4, 0.5) is 0 Å². The molecule has 126 valence electrons. The summed E-state index contributed by atoms with van der Waals surface area (Å²) in [5.74, 6) is -0.129. The van der Waals surface area contributed by atoms with E-state index in [2.05, 4.69) is 22.4 Å². The lowest BCUT2D eigenvalue weighted by Crippen LogP contribution is -2.50. The molecule has 4 heteroatoms. The van der Waals surface area contributed by atoms with Gasteiger partial charge < -0.3 is 10.4 Å². The summed E-state index contributed by atoms with van der Waals surface area (Å²) in [6.45, 7) is 1.98. The average molecular weight is 332 g/mol. The van der Waals surface area contributed by atoms with E-state index in [9.17, 15) is 9.90 Å². The van der Waals surface area contributed by atoms with Crippen LogP contribution >= 0.6 is 0 Å². The topological polar surface area (TPSA) is 62.2 Å². The van der Waals surface area contributed by atoms with E-state index in [1.807, 2.05) is 49.5 Å². The largest absolute Gasteiger partial charge is 0.391 e. The zero-order valence-corrected chi connectivity index (χ0v) is 14.1. The number of aliphatic hydroxyl groups excluding tert-OH is 1. The molecular weight excluding hydrogens is 312 g/mol. The van der Waals surface area contributed by atoms with Gasteiger partial charge in [0, 0.05) is 17.5 Å². The first-order chi connectivity index (χ1) is 12.1. The molecule has 3 aromatic rings. The second-order valence-corrected chi connectivity index (χ2v) is 6.65. The fourth-order valence-electron chi connectivity index (χ4n) is 3.29. The second-order valence-electron chi connectivity index (χ2n) is 6.65. The van der Waals surface area contributed by atoms with E-state index in [4.69, 9.17) is 0 Å². The summed E-state index contributed by atoms with van der Waals surface area (Å²) in [5.41, 5.74) is 3.84. The Bertz CT molecular complexity index is 952. The first kappa shape index (κ1) is 15.8. The summed E-state index contributed by atoms with van der Waals surface area (Å²) >= 11 is 0. The molecule has 1 aliphatic carbocycles. The molecule has 0 saturated heterocycles. The lowest BCUT2D eigenvalue weighted by Gasteiger charge is -2.32. The Morgan fingerprint density at radius 1 is 1.16 bits per heavy atom. The first-order valence-corrected chi connectivity index (χ1v) is 8.56. The Morgan fingerprint density at radius 2 is 2.04 bits per heavy atom. The molecule has 2 atom stereocenters. The molecule has 1 saturated carbocycles. The Balaban J connectivity index is 1.69. The predicted octanol–water partition coefficient (Wildman–Crippen LogP) is 3.46. The number of amides is 1. The van der Waals surface area contributed by atoms with E-state index in [0.29, 0.717) is 5.56 Å². The summed E-state index contributed by atoms with van der Waals surface area (Å²) in [6.07, 6.45) is 3.00. The van der Waals surface area contributed by atoms with Crippen molar-refractivity contribution in [3.05, 3.63) is 66.0 Å². The van der Waals surface area contributed by atoms with Gasteiger partial charge in [0.15, 0.2) is 0 Å². The monoisotopic (exact) mass is 332 g/mol. The van der Waals surface area contributed by atoms with Crippen LogP contribution in [-0.2, 0) is 0 Å². The molecular formula is C21H20N2O2. The summed E-state index contributed by atoms with van der Waals surface area (Å²) < 4.78 is 0. The van der Waals surface area contributed by atoms with E-state index in [0.717, 1.165) is 40.4 Å². The van der Waals surface area contributed by atoms with E-state index in [1.165, 1.54) is 0 Å². The van der Waals surface area contributed by atoms with Gasteiger partial charge in [0.2, 0.25) is 0 Å². The predicted molar refractivity (Wildman–Crippen MR) is 98.4 cm³/mol. The van der Waals surface area contributed by atoms with Crippen molar-refractivity contribution in [3.8, 4) is 11.1 Å². The lowest BCUT2D eigenvalue weighted by molar-refractivity contribution is 0.0447. The van der Waals surface area contributed by atoms with Crippen molar-refractivity contribution in [1.82, 2.24) is 10.3 Å². The second kappa shape index (κ2) is 6.30. The summed E-state index contributed by atoms with van der Waals surface area (Å²) in [4.78, 5) is 16.7. The molecule has 2 N–H and O–H groups in total. The van der Waals surface area contributed by atoms with Crippen LogP contribution in [-0.4, -0.2) is 28.1 Å². The number of hydrogen-bond donors (Lipinski definition) is 2. The van der Waals surface area contributed by atoms with Crippen molar-refractivity contribution in [1.29, 1.82) is 0 Å². The molecule has 4 rings (SSSR count). The quantitative estimate of drug-likeness (QED) is 0.772. The lowest BCUT2D eigenvalue weighted by atomic mass is 9.89. The zero-order chi connectivity index (χ0) is 17.4. The number of pyridine rings is 1. The van der Waals surface area contributed by atoms with Crippen LogP contribution < -0.4 is 5.32 Å².